The minimum Gasteiger partial charge on any atom is -0.490 e. The van der Waals surface area contributed by atoms with E-state index in [1.165, 1.54) is 42.5 Å². The number of thioether (sulfide) groups is 1. The highest BCUT2D eigenvalue weighted by Crippen LogP contribution is 2.35. The third-order valence-corrected chi connectivity index (χ3v) is 5.40. The number of nitro groups is 1. The Morgan fingerprint density at radius 1 is 1.12 bits per heavy atom. The largest absolute Gasteiger partial charge is 0.490 e. The first-order chi connectivity index (χ1) is 16.2. The molecule has 3 rings (SSSR count). The second-order valence-electron chi connectivity index (χ2n) is 6.82. The first-order valence-corrected chi connectivity index (χ1v) is 10.7. The number of non-ortho nitro benzene ring substituents is 1. The predicted molar refractivity (Wildman–Crippen MR) is 121 cm³/mol. The lowest BCUT2D eigenvalue weighted by Crippen LogP contribution is -2.33. The predicted octanol–water partition coefficient (Wildman–Crippen LogP) is 3.38. The first-order valence-electron chi connectivity index (χ1n) is 9.84. The van der Waals surface area contributed by atoms with E-state index in [-0.39, 0.29) is 34.3 Å². The van der Waals surface area contributed by atoms with Gasteiger partial charge in [-0.05, 0) is 54.6 Å². The Kier molecular flexibility index (Phi) is 7.64. The van der Waals surface area contributed by atoms with Crippen LogP contribution in [0, 0.1) is 10.1 Å². The van der Waals surface area contributed by atoms with Gasteiger partial charge in [0, 0.05) is 17.7 Å². The SMILES string of the molecule is CCOc1cc(C=C2SC(=O)N(CC(=O)c3ccc([N+](=O)[O-])cc3)C2=O)ccc1OCC(=O)O. The Morgan fingerprint density at radius 3 is 2.44 bits per heavy atom. The van der Waals surface area contributed by atoms with E-state index in [0.717, 1.165) is 4.90 Å². The number of hydrogen-bond acceptors (Lipinski definition) is 9. The number of carboxylic acid groups (broad SMARTS) is 1. The molecule has 1 N–H and O–H groups in total. The highest BCUT2D eigenvalue weighted by Gasteiger charge is 2.36. The van der Waals surface area contributed by atoms with Gasteiger partial charge in [-0.25, -0.2) is 4.79 Å². The average Bonchev–Trinajstić information content (AvgIpc) is 3.06. The zero-order chi connectivity index (χ0) is 24.8. The fourth-order valence-electron chi connectivity index (χ4n) is 2.93. The summed E-state index contributed by atoms with van der Waals surface area (Å²) >= 11 is 0.665. The number of Topliss-reactive ketones (excluding diaryl/α,β-unsaturated/α-hetero) is 1. The number of aliphatic carboxylic acids is 1. The van der Waals surface area contributed by atoms with Gasteiger partial charge in [0.15, 0.2) is 23.9 Å². The molecule has 0 radical (unpaired) electrons. The Labute approximate surface area is 197 Å². The highest BCUT2D eigenvalue weighted by molar-refractivity contribution is 8.18. The second-order valence-corrected chi connectivity index (χ2v) is 7.81. The van der Waals surface area contributed by atoms with Crippen LogP contribution in [0.15, 0.2) is 47.4 Å². The molecule has 0 unspecified atom stereocenters. The summed E-state index contributed by atoms with van der Waals surface area (Å²) in [6.45, 7) is 0.961. The Hall–Kier alpha value is -4.19. The summed E-state index contributed by atoms with van der Waals surface area (Å²) < 4.78 is 10.6. The van der Waals surface area contributed by atoms with Gasteiger partial charge in [-0.15, -0.1) is 0 Å². The van der Waals surface area contributed by atoms with Crippen LogP contribution in [0.2, 0.25) is 0 Å². The average molecular weight is 486 g/mol. The monoisotopic (exact) mass is 486 g/mol. The van der Waals surface area contributed by atoms with E-state index in [2.05, 4.69) is 0 Å². The zero-order valence-corrected chi connectivity index (χ0v) is 18.6. The van der Waals surface area contributed by atoms with E-state index >= 15 is 0 Å². The first kappa shape index (κ1) is 24.5. The molecule has 2 amide bonds. The molecule has 11 nitrogen and oxygen atoms in total. The molecule has 0 spiro atoms. The van der Waals surface area contributed by atoms with E-state index in [4.69, 9.17) is 14.6 Å². The van der Waals surface area contributed by atoms with E-state index in [1.54, 1.807) is 13.0 Å². The van der Waals surface area contributed by atoms with E-state index in [1.807, 2.05) is 0 Å². The van der Waals surface area contributed by atoms with Crippen LogP contribution in [0.3, 0.4) is 0 Å². The van der Waals surface area contributed by atoms with Crippen molar-refractivity contribution in [3.8, 4) is 11.5 Å². The molecule has 12 heteroatoms. The van der Waals surface area contributed by atoms with Gasteiger partial charge >= 0.3 is 5.97 Å². The molecule has 1 aliphatic heterocycles. The number of ketones is 1. The molecule has 0 aliphatic carbocycles. The van der Waals surface area contributed by atoms with E-state index in [9.17, 15) is 29.3 Å². The van der Waals surface area contributed by atoms with Gasteiger partial charge < -0.3 is 14.6 Å². The maximum atomic E-state index is 12.7. The van der Waals surface area contributed by atoms with Crippen LogP contribution < -0.4 is 9.47 Å². The summed E-state index contributed by atoms with van der Waals surface area (Å²) in [4.78, 5) is 59.3. The van der Waals surface area contributed by atoms with Crippen molar-refractivity contribution in [3.63, 3.8) is 0 Å². The van der Waals surface area contributed by atoms with Crippen molar-refractivity contribution >= 4 is 46.4 Å². The minimum atomic E-state index is -1.15. The second kappa shape index (κ2) is 10.6. The molecule has 1 saturated heterocycles. The molecule has 1 heterocycles. The number of benzene rings is 2. The molecular weight excluding hydrogens is 468 g/mol. The third-order valence-electron chi connectivity index (χ3n) is 4.49. The lowest BCUT2D eigenvalue weighted by Gasteiger charge is -2.12. The van der Waals surface area contributed by atoms with Gasteiger partial charge in [0.1, 0.15) is 0 Å². The van der Waals surface area contributed by atoms with Crippen LogP contribution >= 0.6 is 11.8 Å². The van der Waals surface area contributed by atoms with Gasteiger partial charge in [0.2, 0.25) is 0 Å². The maximum Gasteiger partial charge on any atom is 0.341 e. The summed E-state index contributed by atoms with van der Waals surface area (Å²) in [5.41, 5.74) is 0.446. The van der Waals surface area contributed by atoms with E-state index in [0.29, 0.717) is 17.3 Å². The molecule has 0 atom stereocenters. The number of hydrogen-bond donors (Lipinski definition) is 1. The maximum absolute atomic E-state index is 12.7. The topological polar surface area (TPSA) is 153 Å². The lowest BCUT2D eigenvalue weighted by molar-refractivity contribution is -0.384. The Bertz CT molecular complexity index is 1190. The molecule has 1 aliphatic rings. The number of ether oxygens (including phenoxy) is 2. The van der Waals surface area contributed by atoms with Crippen molar-refractivity contribution in [2.75, 3.05) is 19.8 Å². The highest BCUT2D eigenvalue weighted by atomic mass is 32.2. The summed E-state index contributed by atoms with van der Waals surface area (Å²) in [6.07, 6.45) is 1.45. The van der Waals surface area contributed by atoms with Crippen molar-refractivity contribution in [1.82, 2.24) is 4.90 Å². The number of imide groups is 1. The molecule has 0 saturated carbocycles. The molecule has 176 valence electrons. The van der Waals surface area contributed by atoms with Crippen LogP contribution in [-0.2, 0) is 9.59 Å². The van der Waals surface area contributed by atoms with Crippen molar-refractivity contribution in [2.24, 2.45) is 0 Å². The van der Waals surface area contributed by atoms with Crippen LogP contribution in [0.4, 0.5) is 10.5 Å². The Balaban J connectivity index is 1.76. The summed E-state index contributed by atoms with van der Waals surface area (Å²) in [7, 11) is 0. The van der Waals surface area contributed by atoms with Crippen molar-refractivity contribution < 1.29 is 38.7 Å². The molecule has 0 aromatic heterocycles. The minimum absolute atomic E-state index is 0.0863. The fourth-order valence-corrected chi connectivity index (χ4v) is 3.77. The molecular formula is C22H18N2O9S. The summed E-state index contributed by atoms with van der Waals surface area (Å²) in [5.74, 6) is -1.87. The number of nitro benzene ring substituents is 1. The van der Waals surface area contributed by atoms with E-state index < -0.39 is 41.0 Å². The van der Waals surface area contributed by atoms with Crippen LogP contribution in [0.5, 0.6) is 11.5 Å². The lowest BCUT2D eigenvalue weighted by atomic mass is 10.1. The van der Waals surface area contributed by atoms with Crippen LogP contribution in [0.1, 0.15) is 22.8 Å². The fraction of sp³-hybridized carbons (Fsp3) is 0.182. The third kappa shape index (κ3) is 5.78. The van der Waals surface area contributed by atoms with Crippen LogP contribution in [0.25, 0.3) is 6.08 Å². The smallest absolute Gasteiger partial charge is 0.341 e. The molecule has 2 aromatic carbocycles. The van der Waals surface area contributed by atoms with Gasteiger partial charge in [-0.2, -0.15) is 0 Å². The number of amides is 2. The van der Waals surface area contributed by atoms with Crippen molar-refractivity contribution in [2.45, 2.75) is 6.92 Å². The summed E-state index contributed by atoms with van der Waals surface area (Å²) in [5, 5.41) is 18.9. The van der Waals surface area contributed by atoms with Gasteiger partial charge in [-0.3, -0.25) is 29.4 Å². The standard InChI is InChI=1S/C22H18N2O9S/c1-2-32-18-9-13(3-8-17(18)33-12-20(26)27)10-19-21(28)23(22(29)34-19)11-16(25)14-4-6-15(7-5-14)24(30)31/h3-10H,2,11-12H2,1H3,(H,26,27). The number of carbonyl (C=O) groups excluding carboxylic acids is 3. The van der Waals surface area contributed by atoms with Gasteiger partial charge in [-0.1, -0.05) is 6.07 Å². The molecule has 2 aromatic rings. The van der Waals surface area contributed by atoms with Crippen molar-refractivity contribution in [3.05, 3.63) is 68.6 Å². The molecule has 34 heavy (non-hydrogen) atoms. The number of rotatable bonds is 10. The normalized spacial score (nSPS) is 14.4. The Morgan fingerprint density at radius 2 is 1.82 bits per heavy atom. The van der Waals surface area contributed by atoms with Crippen LogP contribution in [-0.4, -0.2) is 57.6 Å². The number of carboxylic acids is 1. The van der Waals surface area contributed by atoms with Gasteiger partial charge in [0.25, 0.3) is 16.8 Å². The van der Waals surface area contributed by atoms with Gasteiger partial charge in [0.05, 0.1) is 23.0 Å². The summed E-state index contributed by atoms with van der Waals surface area (Å²) in [6, 6.07) is 9.45. The molecule has 0 bridgehead atoms. The van der Waals surface area contributed by atoms with Crippen molar-refractivity contribution in [1.29, 1.82) is 0 Å². The zero-order valence-electron chi connectivity index (χ0n) is 17.8. The molecule has 1 fully saturated rings. The number of carbonyl (C=O) groups is 4. The number of nitrogens with zero attached hydrogens (tertiary/aromatic N) is 2. The quantitative estimate of drug-likeness (QED) is 0.229.